The van der Waals surface area contributed by atoms with Crippen LogP contribution >= 0.6 is 22.9 Å². The molecule has 0 aliphatic carbocycles. The minimum absolute atomic E-state index is 0.111. The summed E-state index contributed by atoms with van der Waals surface area (Å²) < 4.78 is 5.49. The first-order valence-electron chi connectivity index (χ1n) is 11.4. The molecule has 0 fully saturated rings. The van der Waals surface area contributed by atoms with E-state index in [1.54, 1.807) is 18.3 Å². The Bertz CT molecular complexity index is 1350. The number of amides is 2. The highest BCUT2D eigenvalue weighted by Gasteiger charge is 2.38. The first-order valence-corrected chi connectivity index (χ1v) is 12.6. The molecule has 2 N–H and O–H groups in total. The lowest BCUT2D eigenvalue weighted by Gasteiger charge is -2.27. The molecular weight excluding hydrogens is 496 g/mol. The van der Waals surface area contributed by atoms with Crippen LogP contribution in [0.15, 0.2) is 64.7 Å². The van der Waals surface area contributed by atoms with Crippen LogP contribution in [0.2, 0.25) is 5.02 Å². The van der Waals surface area contributed by atoms with E-state index in [4.69, 9.17) is 21.3 Å². The van der Waals surface area contributed by atoms with E-state index in [2.05, 4.69) is 29.7 Å². The average molecular weight is 523 g/mol. The van der Waals surface area contributed by atoms with Gasteiger partial charge in [-0.15, -0.1) is 11.3 Å². The number of hydrogen-bond donors (Lipinski definition) is 2. The molecule has 0 saturated heterocycles. The molecular formula is C27H27ClN4O3S. The molecule has 9 heteroatoms. The number of hydrazone groups is 1. The third-order valence-electron chi connectivity index (χ3n) is 5.94. The van der Waals surface area contributed by atoms with Gasteiger partial charge in [-0.25, -0.2) is 10.2 Å². The van der Waals surface area contributed by atoms with Crippen LogP contribution in [0, 0.1) is 13.8 Å². The second-order valence-corrected chi connectivity index (χ2v) is 10.5. The highest BCUT2D eigenvalue weighted by Crippen LogP contribution is 2.35. The van der Waals surface area contributed by atoms with Gasteiger partial charge in [0.15, 0.2) is 5.66 Å². The molecule has 0 bridgehead atoms. The van der Waals surface area contributed by atoms with Crippen molar-refractivity contribution >= 4 is 46.4 Å². The molecule has 1 atom stereocenters. The quantitative estimate of drug-likeness (QED) is 0.430. The number of ether oxygens (including phenoxy) is 1. The van der Waals surface area contributed by atoms with E-state index in [-0.39, 0.29) is 12.5 Å². The van der Waals surface area contributed by atoms with E-state index in [0.717, 1.165) is 27.1 Å². The number of carbonyl (C=O) groups excluding carboxylic acids is 2. The Balaban J connectivity index is 1.78. The Morgan fingerprint density at radius 2 is 1.83 bits per heavy atom. The van der Waals surface area contributed by atoms with Crippen molar-refractivity contribution in [3.8, 4) is 0 Å². The van der Waals surface area contributed by atoms with Gasteiger partial charge in [0.2, 0.25) is 5.91 Å². The Morgan fingerprint density at radius 1 is 1.14 bits per heavy atom. The van der Waals surface area contributed by atoms with Crippen molar-refractivity contribution in [1.82, 2.24) is 10.7 Å². The summed E-state index contributed by atoms with van der Waals surface area (Å²) in [5.74, 6) is -0.318. The third kappa shape index (κ3) is 5.66. The largest absolute Gasteiger partial charge is 0.445 e. The Labute approximate surface area is 219 Å². The van der Waals surface area contributed by atoms with Gasteiger partial charge >= 0.3 is 6.09 Å². The number of rotatable bonds is 5. The molecule has 4 rings (SSSR count). The molecule has 1 aliphatic rings. The molecule has 0 spiro atoms. The highest BCUT2D eigenvalue weighted by atomic mass is 35.5. The van der Waals surface area contributed by atoms with Gasteiger partial charge in [0.05, 0.1) is 11.4 Å². The second-order valence-electron chi connectivity index (χ2n) is 8.71. The number of hydrogen-bond acceptors (Lipinski definition) is 6. The maximum absolute atomic E-state index is 12.9. The summed E-state index contributed by atoms with van der Waals surface area (Å²) in [5.41, 5.74) is 6.26. The first-order chi connectivity index (χ1) is 17.2. The van der Waals surface area contributed by atoms with E-state index >= 15 is 0 Å². The highest BCUT2D eigenvalue weighted by molar-refractivity contribution is 7.12. The number of nitrogens with one attached hydrogen (secondary N) is 2. The lowest BCUT2D eigenvalue weighted by atomic mass is 9.98. The summed E-state index contributed by atoms with van der Waals surface area (Å²) in [5, 5.41) is 7.89. The zero-order chi connectivity index (χ0) is 25.9. The van der Waals surface area contributed by atoms with E-state index < -0.39 is 11.8 Å². The van der Waals surface area contributed by atoms with Crippen LogP contribution in [0.5, 0.6) is 0 Å². The molecule has 2 aromatic carbocycles. The van der Waals surface area contributed by atoms with Crippen LogP contribution in [0.1, 0.15) is 45.9 Å². The Kier molecular flexibility index (Phi) is 7.56. The summed E-state index contributed by atoms with van der Waals surface area (Å²) >= 11 is 7.80. The van der Waals surface area contributed by atoms with Crippen LogP contribution in [0.4, 0.5) is 4.79 Å². The fourth-order valence-corrected chi connectivity index (χ4v) is 5.28. The van der Waals surface area contributed by atoms with Crippen molar-refractivity contribution in [2.24, 2.45) is 10.1 Å². The van der Waals surface area contributed by atoms with Gasteiger partial charge in [0.1, 0.15) is 6.61 Å². The van der Waals surface area contributed by atoms with Crippen LogP contribution in [0.25, 0.3) is 0 Å². The van der Waals surface area contributed by atoms with Gasteiger partial charge in [-0.3, -0.25) is 15.1 Å². The maximum Gasteiger partial charge on any atom is 0.409 e. The number of fused-ring (bicyclic) bond motifs is 1. The number of nitrogens with zero attached hydrogens (tertiary/aromatic N) is 2. The minimum atomic E-state index is -1.29. The zero-order valence-electron chi connectivity index (χ0n) is 20.5. The molecule has 3 aromatic rings. The van der Waals surface area contributed by atoms with Crippen molar-refractivity contribution in [2.75, 3.05) is 0 Å². The topological polar surface area (TPSA) is 92.1 Å². The number of aryl methyl sites for hydroxylation is 1. The van der Waals surface area contributed by atoms with Crippen molar-refractivity contribution in [3.05, 3.63) is 91.6 Å². The summed E-state index contributed by atoms with van der Waals surface area (Å²) in [6.07, 6.45) is -0.250. The van der Waals surface area contributed by atoms with E-state index in [9.17, 15) is 9.59 Å². The molecule has 2 heterocycles. The van der Waals surface area contributed by atoms with E-state index in [1.165, 1.54) is 11.8 Å². The van der Waals surface area contributed by atoms with Crippen LogP contribution in [0.3, 0.4) is 0 Å². The smallest absolute Gasteiger partial charge is 0.409 e. The number of thiophene rings is 1. The molecule has 0 radical (unpaired) electrons. The van der Waals surface area contributed by atoms with Gasteiger partial charge < -0.3 is 4.74 Å². The summed E-state index contributed by atoms with van der Waals surface area (Å²) in [6.45, 7) is 7.38. The monoisotopic (exact) mass is 522 g/mol. The molecule has 7 nitrogen and oxygen atoms in total. The lowest BCUT2D eigenvalue weighted by Crippen LogP contribution is -2.52. The maximum atomic E-state index is 12.9. The van der Waals surface area contributed by atoms with Crippen molar-refractivity contribution in [2.45, 2.75) is 46.4 Å². The van der Waals surface area contributed by atoms with Gasteiger partial charge in [0.25, 0.3) is 0 Å². The molecule has 2 amide bonds. The molecule has 186 valence electrons. The van der Waals surface area contributed by atoms with Gasteiger partial charge in [-0.05, 0) is 44.0 Å². The average Bonchev–Trinajstić information content (AvgIpc) is 3.05. The SMILES string of the molecule is CC(=O)N/N=C1\Cc2sc(C)c(C)c2C(c2ccc(Cl)cc2)=NC1(C)NC(=O)OCc1ccccc1. The zero-order valence-corrected chi connectivity index (χ0v) is 22.1. The minimum Gasteiger partial charge on any atom is -0.445 e. The fourth-order valence-electron chi connectivity index (χ4n) is 3.97. The number of benzene rings is 2. The van der Waals surface area contributed by atoms with Crippen LogP contribution < -0.4 is 10.7 Å². The van der Waals surface area contributed by atoms with Crippen molar-refractivity contribution in [3.63, 3.8) is 0 Å². The van der Waals surface area contributed by atoms with Gasteiger partial charge in [0, 0.05) is 39.2 Å². The number of aliphatic imine (C=N–C) groups is 1. The van der Waals surface area contributed by atoms with Gasteiger partial charge in [-0.1, -0.05) is 54.1 Å². The summed E-state index contributed by atoms with van der Waals surface area (Å²) in [6, 6.07) is 16.8. The normalized spacial score (nSPS) is 18.1. The number of halogens is 1. The molecule has 1 aliphatic heterocycles. The molecule has 0 saturated carbocycles. The van der Waals surface area contributed by atoms with Gasteiger partial charge in [-0.2, -0.15) is 5.10 Å². The van der Waals surface area contributed by atoms with E-state index in [0.29, 0.717) is 22.9 Å². The molecule has 1 unspecified atom stereocenters. The fraction of sp³-hybridized carbons (Fsp3) is 0.259. The number of carbonyl (C=O) groups is 2. The van der Waals surface area contributed by atoms with Crippen LogP contribution in [-0.2, 0) is 22.6 Å². The Hall–Kier alpha value is -3.49. The number of alkyl carbamates (subject to hydrolysis) is 1. The predicted octanol–water partition coefficient (Wildman–Crippen LogP) is 5.55. The summed E-state index contributed by atoms with van der Waals surface area (Å²) in [7, 11) is 0. The Morgan fingerprint density at radius 3 is 2.50 bits per heavy atom. The molecule has 36 heavy (non-hydrogen) atoms. The third-order valence-corrected chi connectivity index (χ3v) is 7.40. The van der Waals surface area contributed by atoms with Crippen molar-refractivity contribution in [1.29, 1.82) is 0 Å². The summed E-state index contributed by atoms with van der Waals surface area (Å²) in [4.78, 5) is 31.9. The molecule has 1 aromatic heterocycles. The second kappa shape index (κ2) is 10.6. The lowest BCUT2D eigenvalue weighted by molar-refractivity contribution is -0.118. The van der Waals surface area contributed by atoms with Crippen molar-refractivity contribution < 1.29 is 14.3 Å². The predicted molar refractivity (Wildman–Crippen MR) is 144 cm³/mol. The standard InChI is InChI=1S/C27H27ClN4O3S/c1-16-17(2)36-22-14-23(32-31-18(3)33)27(4,30-26(34)35-15-19-8-6-5-7-9-19)29-25(24(16)22)20-10-12-21(28)13-11-20/h5-13H,14-15H2,1-4H3,(H,30,34)(H,31,33)/b32-23+. The first kappa shape index (κ1) is 25.6. The van der Waals surface area contributed by atoms with Crippen LogP contribution in [-0.4, -0.2) is 29.1 Å². The van der Waals surface area contributed by atoms with E-state index in [1.807, 2.05) is 54.6 Å².